The molecule has 1 aliphatic heterocycles. The van der Waals surface area contributed by atoms with Crippen molar-refractivity contribution in [3.63, 3.8) is 0 Å². The second-order valence-electron chi connectivity index (χ2n) is 9.60. The Morgan fingerprint density at radius 3 is 2.17 bits per heavy atom. The van der Waals surface area contributed by atoms with Crippen LogP contribution in [-0.4, -0.2) is 66.8 Å². The first-order valence-corrected chi connectivity index (χ1v) is 12.5. The van der Waals surface area contributed by atoms with Crippen molar-refractivity contribution in [3.8, 4) is 33.6 Å². The van der Waals surface area contributed by atoms with Crippen LogP contribution < -0.4 is 0 Å². The van der Waals surface area contributed by atoms with E-state index < -0.39 is 0 Å². The van der Waals surface area contributed by atoms with Gasteiger partial charge in [-0.2, -0.15) is 10.2 Å². The minimum atomic E-state index is 0.469. The molecule has 0 atom stereocenters. The minimum absolute atomic E-state index is 0.469. The second-order valence-corrected chi connectivity index (χ2v) is 9.60. The van der Waals surface area contributed by atoms with Crippen LogP contribution in [0, 0.1) is 0 Å². The fourth-order valence-corrected chi connectivity index (χ4v) is 5.35. The molecule has 0 bridgehead atoms. The largest absolute Gasteiger partial charge is 0.379 e. The highest BCUT2D eigenvalue weighted by Crippen LogP contribution is 2.32. The third-order valence-electron chi connectivity index (χ3n) is 7.35. The average Bonchev–Trinajstić information content (AvgIpc) is 3.59. The summed E-state index contributed by atoms with van der Waals surface area (Å²) in [5.74, 6) is 0.716. The van der Waals surface area contributed by atoms with Gasteiger partial charge >= 0.3 is 0 Å². The molecule has 8 heteroatoms. The lowest BCUT2D eigenvalue weighted by molar-refractivity contribution is 0.00507. The fraction of sp³-hybridized carbons (Fsp3) is 0.407. The summed E-state index contributed by atoms with van der Waals surface area (Å²) in [5, 5.41) is 8.97. The molecule has 8 nitrogen and oxygen atoms in total. The first-order chi connectivity index (χ1) is 17.2. The zero-order chi connectivity index (χ0) is 23.6. The van der Waals surface area contributed by atoms with Crippen molar-refractivity contribution < 1.29 is 4.74 Å². The number of ether oxygens (including phenoxy) is 1. The molecule has 1 saturated heterocycles. The molecular weight excluding hydrogens is 438 g/mol. The van der Waals surface area contributed by atoms with E-state index in [4.69, 9.17) is 9.84 Å². The van der Waals surface area contributed by atoms with E-state index in [1.54, 1.807) is 0 Å². The molecule has 4 aromatic rings. The van der Waals surface area contributed by atoms with Gasteiger partial charge in [0.1, 0.15) is 0 Å². The van der Waals surface area contributed by atoms with Crippen molar-refractivity contribution in [2.24, 2.45) is 7.05 Å². The number of aromatic nitrogens is 6. The van der Waals surface area contributed by atoms with E-state index >= 15 is 0 Å². The van der Waals surface area contributed by atoms with E-state index in [0.717, 1.165) is 54.1 Å². The third-order valence-corrected chi connectivity index (χ3v) is 7.35. The standard InChI is InChI=1S/C27H31N7O/c1-32-18-23(16-30-32)20-3-2-4-21(13-20)27-28-14-22(15-29-27)24-17-31-34(19-24)26-7-5-25(6-8-26)33-9-11-35-12-10-33/h2-4,13-19,25-26H,5-12H2,1H3/t25-,26+. The number of benzene rings is 1. The maximum absolute atomic E-state index is 5.51. The molecule has 0 radical (unpaired) electrons. The summed E-state index contributed by atoms with van der Waals surface area (Å²) in [6.07, 6.45) is 16.6. The Labute approximate surface area is 205 Å². The van der Waals surface area contributed by atoms with Gasteiger partial charge in [0.05, 0.1) is 31.6 Å². The second kappa shape index (κ2) is 9.71. The molecular formula is C27H31N7O. The van der Waals surface area contributed by atoms with E-state index in [-0.39, 0.29) is 0 Å². The van der Waals surface area contributed by atoms with E-state index in [9.17, 15) is 0 Å². The molecule has 0 spiro atoms. The molecule has 1 aromatic carbocycles. The van der Waals surface area contributed by atoms with Crippen molar-refractivity contribution in [2.45, 2.75) is 37.8 Å². The van der Waals surface area contributed by atoms with Crippen LogP contribution >= 0.6 is 0 Å². The predicted molar refractivity (Wildman–Crippen MR) is 135 cm³/mol. The lowest BCUT2D eigenvalue weighted by Gasteiger charge is -2.38. The lowest BCUT2D eigenvalue weighted by Crippen LogP contribution is -2.45. The molecule has 2 aliphatic rings. The van der Waals surface area contributed by atoms with Gasteiger partial charge in [-0.25, -0.2) is 9.97 Å². The van der Waals surface area contributed by atoms with Crippen LogP contribution in [0.1, 0.15) is 31.7 Å². The number of rotatable bonds is 5. The molecule has 1 aliphatic carbocycles. The molecule has 180 valence electrons. The maximum atomic E-state index is 5.51. The van der Waals surface area contributed by atoms with Crippen molar-refractivity contribution >= 4 is 0 Å². The number of hydrogen-bond acceptors (Lipinski definition) is 6. The zero-order valence-electron chi connectivity index (χ0n) is 20.1. The molecule has 3 aromatic heterocycles. The van der Waals surface area contributed by atoms with Gasteiger partial charge in [0, 0.05) is 73.2 Å². The SMILES string of the molecule is Cn1cc(-c2cccc(-c3ncc(-c4cnn([C@H]5CC[C@@H](N6CCOCC6)CC5)c4)cn3)c2)cn1. The number of morpholine rings is 1. The summed E-state index contributed by atoms with van der Waals surface area (Å²) < 4.78 is 9.47. The highest BCUT2D eigenvalue weighted by atomic mass is 16.5. The van der Waals surface area contributed by atoms with Gasteiger partial charge in [-0.15, -0.1) is 0 Å². The summed E-state index contributed by atoms with van der Waals surface area (Å²) in [6.45, 7) is 3.90. The summed E-state index contributed by atoms with van der Waals surface area (Å²) in [4.78, 5) is 11.9. The summed E-state index contributed by atoms with van der Waals surface area (Å²) in [7, 11) is 1.92. The molecule has 0 N–H and O–H groups in total. The van der Waals surface area contributed by atoms with Gasteiger partial charge in [-0.3, -0.25) is 14.3 Å². The van der Waals surface area contributed by atoms with Crippen LogP contribution in [0.4, 0.5) is 0 Å². The van der Waals surface area contributed by atoms with Crippen LogP contribution in [0.15, 0.2) is 61.4 Å². The predicted octanol–water partition coefficient (Wildman–Crippen LogP) is 4.22. The lowest BCUT2D eigenvalue weighted by atomic mass is 9.90. The zero-order valence-corrected chi connectivity index (χ0v) is 20.1. The van der Waals surface area contributed by atoms with E-state index in [2.05, 4.69) is 43.0 Å². The van der Waals surface area contributed by atoms with Crippen molar-refractivity contribution in [1.29, 1.82) is 0 Å². The van der Waals surface area contributed by atoms with Crippen molar-refractivity contribution in [3.05, 3.63) is 61.4 Å². The van der Waals surface area contributed by atoms with Gasteiger partial charge in [0.25, 0.3) is 0 Å². The molecule has 0 amide bonds. The van der Waals surface area contributed by atoms with Crippen LogP contribution in [-0.2, 0) is 11.8 Å². The van der Waals surface area contributed by atoms with Crippen molar-refractivity contribution in [1.82, 2.24) is 34.4 Å². The molecule has 6 rings (SSSR count). The molecule has 1 saturated carbocycles. The summed E-state index contributed by atoms with van der Waals surface area (Å²) in [5.41, 5.74) is 5.23. The highest BCUT2D eigenvalue weighted by Gasteiger charge is 2.28. The summed E-state index contributed by atoms with van der Waals surface area (Å²) >= 11 is 0. The van der Waals surface area contributed by atoms with Crippen molar-refractivity contribution in [2.75, 3.05) is 26.3 Å². The van der Waals surface area contributed by atoms with Gasteiger partial charge in [-0.1, -0.05) is 18.2 Å². The maximum Gasteiger partial charge on any atom is 0.159 e. The molecule has 2 fully saturated rings. The molecule has 4 heterocycles. The first-order valence-electron chi connectivity index (χ1n) is 12.5. The van der Waals surface area contributed by atoms with Gasteiger partial charge in [-0.05, 0) is 37.3 Å². The Kier molecular flexibility index (Phi) is 6.14. The number of aryl methyl sites for hydroxylation is 1. The Balaban J connectivity index is 1.12. The number of hydrogen-bond donors (Lipinski definition) is 0. The fourth-order valence-electron chi connectivity index (χ4n) is 5.35. The highest BCUT2D eigenvalue weighted by molar-refractivity contribution is 5.70. The van der Waals surface area contributed by atoms with Crippen LogP contribution in [0.25, 0.3) is 33.6 Å². The Morgan fingerprint density at radius 1 is 0.743 bits per heavy atom. The van der Waals surface area contributed by atoms with Crippen LogP contribution in [0.2, 0.25) is 0 Å². The smallest absolute Gasteiger partial charge is 0.159 e. The Bertz CT molecular complexity index is 1260. The van der Waals surface area contributed by atoms with E-state index in [1.807, 2.05) is 54.8 Å². The minimum Gasteiger partial charge on any atom is -0.379 e. The topological polar surface area (TPSA) is 73.9 Å². The number of nitrogens with zero attached hydrogens (tertiary/aromatic N) is 7. The average molecular weight is 470 g/mol. The van der Waals surface area contributed by atoms with Gasteiger partial charge < -0.3 is 4.74 Å². The molecule has 0 unspecified atom stereocenters. The van der Waals surface area contributed by atoms with E-state index in [1.165, 1.54) is 25.7 Å². The normalized spacial score (nSPS) is 21.3. The molecule has 35 heavy (non-hydrogen) atoms. The van der Waals surface area contributed by atoms with Gasteiger partial charge in [0.2, 0.25) is 0 Å². The quantitative estimate of drug-likeness (QED) is 0.436. The Morgan fingerprint density at radius 2 is 1.43 bits per heavy atom. The summed E-state index contributed by atoms with van der Waals surface area (Å²) in [6, 6.07) is 9.43. The van der Waals surface area contributed by atoms with Crippen LogP contribution in [0.3, 0.4) is 0 Å². The van der Waals surface area contributed by atoms with E-state index in [0.29, 0.717) is 17.9 Å². The monoisotopic (exact) mass is 469 g/mol. The first kappa shape index (κ1) is 22.1. The third kappa shape index (κ3) is 4.76. The van der Waals surface area contributed by atoms with Crippen LogP contribution in [0.5, 0.6) is 0 Å². The van der Waals surface area contributed by atoms with Gasteiger partial charge in [0.15, 0.2) is 5.82 Å². The Hall–Kier alpha value is -3.36.